The van der Waals surface area contributed by atoms with E-state index in [-0.39, 0.29) is 17.3 Å². The Morgan fingerprint density at radius 3 is 2.22 bits per heavy atom. The van der Waals surface area contributed by atoms with Crippen molar-refractivity contribution in [2.24, 2.45) is 0 Å². The van der Waals surface area contributed by atoms with Gasteiger partial charge in [-0.15, -0.1) is 0 Å². The molecular formula is C28H32N4O3S2. The molecule has 0 N–H and O–H groups in total. The lowest BCUT2D eigenvalue weighted by Crippen LogP contribution is -2.36. The monoisotopic (exact) mass is 536 g/mol. The van der Waals surface area contributed by atoms with Crippen molar-refractivity contribution >= 4 is 42.6 Å². The third kappa shape index (κ3) is 5.91. The van der Waals surface area contributed by atoms with Crippen LogP contribution in [0.25, 0.3) is 10.2 Å². The molecule has 9 heteroatoms. The zero-order valence-corrected chi connectivity index (χ0v) is 23.4. The van der Waals surface area contributed by atoms with Gasteiger partial charge in [-0.05, 0) is 75.0 Å². The first kappa shape index (κ1) is 26.9. The number of anilines is 1. The number of sulfonamides is 1. The number of thiazole rings is 1. The van der Waals surface area contributed by atoms with Crippen molar-refractivity contribution in [3.63, 3.8) is 0 Å². The summed E-state index contributed by atoms with van der Waals surface area (Å²) in [5.74, 6) is -0.211. The number of fused-ring (bicyclic) bond motifs is 1. The van der Waals surface area contributed by atoms with Gasteiger partial charge in [-0.2, -0.15) is 4.31 Å². The van der Waals surface area contributed by atoms with Crippen molar-refractivity contribution in [3.05, 3.63) is 89.0 Å². The minimum absolute atomic E-state index is 0.147. The van der Waals surface area contributed by atoms with Crippen LogP contribution in [0.3, 0.4) is 0 Å². The summed E-state index contributed by atoms with van der Waals surface area (Å²) in [4.78, 5) is 22.3. The number of nitrogens with zero attached hydrogens (tertiary/aromatic N) is 4. The molecule has 1 aromatic heterocycles. The molecule has 0 bridgehead atoms. The van der Waals surface area contributed by atoms with E-state index >= 15 is 0 Å². The van der Waals surface area contributed by atoms with Gasteiger partial charge in [0.15, 0.2) is 5.13 Å². The smallest absolute Gasteiger partial charge is 0.260 e. The molecule has 0 saturated heterocycles. The normalized spacial score (nSPS) is 12.0. The molecule has 0 fully saturated rings. The topological polar surface area (TPSA) is 73.8 Å². The Bertz CT molecular complexity index is 1500. The quantitative estimate of drug-likeness (QED) is 0.303. The van der Waals surface area contributed by atoms with Crippen LogP contribution in [0.5, 0.6) is 0 Å². The summed E-state index contributed by atoms with van der Waals surface area (Å²) in [6.07, 6.45) is 0. The van der Waals surface area contributed by atoms with Gasteiger partial charge in [-0.1, -0.05) is 47.7 Å². The molecule has 0 radical (unpaired) electrons. The van der Waals surface area contributed by atoms with Crippen molar-refractivity contribution in [2.45, 2.75) is 25.3 Å². The maximum atomic E-state index is 13.6. The molecule has 0 saturated carbocycles. The van der Waals surface area contributed by atoms with Crippen molar-refractivity contribution in [1.29, 1.82) is 0 Å². The molecule has 0 aliphatic heterocycles. The first-order chi connectivity index (χ1) is 17.6. The van der Waals surface area contributed by atoms with E-state index in [1.54, 1.807) is 24.1 Å². The van der Waals surface area contributed by atoms with Crippen LogP contribution in [0.1, 0.15) is 27.0 Å². The largest absolute Gasteiger partial charge is 0.308 e. The molecular weight excluding hydrogens is 504 g/mol. The number of rotatable bonds is 9. The van der Waals surface area contributed by atoms with E-state index < -0.39 is 10.0 Å². The number of carbonyl (C=O) groups is 1. The van der Waals surface area contributed by atoms with E-state index in [1.807, 2.05) is 62.3 Å². The highest BCUT2D eigenvalue weighted by molar-refractivity contribution is 7.89. The van der Waals surface area contributed by atoms with Gasteiger partial charge in [-0.25, -0.2) is 13.4 Å². The Balaban J connectivity index is 1.60. The van der Waals surface area contributed by atoms with Gasteiger partial charge in [0, 0.05) is 32.2 Å². The molecule has 0 aliphatic carbocycles. The van der Waals surface area contributed by atoms with Crippen molar-refractivity contribution in [2.75, 3.05) is 39.1 Å². The average Bonchev–Trinajstić information content (AvgIpc) is 3.31. The van der Waals surface area contributed by atoms with E-state index in [1.165, 1.54) is 27.8 Å². The number of hydrogen-bond donors (Lipinski definition) is 0. The zero-order chi connectivity index (χ0) is 26.7. The predicted octanol–water partition coefficient (Wildman–Crippen LogP) is 4.94. The first-order valence-electron chi connectivity index (χ1n) is 12.0. The highest BCUT2D eigenvalue weighted by Crippen LogP contribution is 2.32. The zero-order valence-electron chi connectivity index (χ0n) is 21.8. The minimum atomic E-state index is -3.71. The van der Waals surface area contributed by atoms with Crippen molar-refractivity contribution < 1.29 is 13.2 Å². The fourth-order valence-electron chi connectivity index (χ4n) is 3.94. The number of aryl methyl sites for hydroxylation is 2. The second kappa shape index (κ2) is 11.1. The fourth-order valence-corrected chi connectivity index (χ4v) is 6.15. The Kier molecular flexibility index (Phi) is 8.08. The van der Waals surface area contributed by atoms with Crippen molar-refractivity contribution in [3.8, 4) is 0 Å². The maximum Gasteiger partial charge on any atom is 0.260 e. The van der Waals surface area contributed by atoms with Crippen LogP contribution in [-0.4, -0.2) is 62.7 Å². The van der Waals surface area contributed by atoms with Crippen LogP contribution in [0.2, 0.25) is 0 Å². The highest BCUT2D eigenvalue weighted by atomic mass is 32.2. The molecule has 7 nitrogen and oxygen atoms in total. The van der Waals surface area contributed by atoms with Crippen molar-refractivity contribution in [1.82, 2.24) is 14.2 Å². The number of benzene rings is 3. The molecule has 1 heterocycles. The predicted molar refractivity (Wildman–Crippen MR) is 151 cm³/mol. The summed E-state index contributed by atoms with van der Waals surface area (Å²) in [5, 5.41) is 0.634. The number of hydrogen-bond acceptors (Lipinski definition) is 6. The molecule has 4 rings (SSSR count). The number of amides is 1. The molecule has 0 unspecified atom stereocenters. The number of aromatic nitrogens is 1. The average molecular weight is 537 g/mol. The number of carbonyl (C=O) groups excluding carboxylic acids is 1. The number of likely N-dealkylation sites (N-methyl/N-ethyl adjacent to an activating group) is 1. The molecule has 1 amide bonds. The third-order valence-corrected chi connectivity index (χ3v) is 9.24. The van der Waals surface area contributed by atoms with E-state index in [2.05, 4.69) is 13.0 Å². The van der Waals surface area contributed by atoms with E-state index in [0.717, 1.165) is 26.9 Å². The van der Waals surface area contributed by atoms with Crippen LogP contribution in [-0.2, 0) is 16.6 Å². The van der Waals surface area contributed by atoms with Crippen LogP contribution in [0.15, 0.2) is 71.6 Å². The summed E-state index contributed by atoms with van der Waals surface area (Å²) in [7, 11) is 1.77. The highest BCUT2D eigenvalue weighted by Gasteiger charge is 2.25. The van der Waals surface area contributed by atoms with Crippen LogP contribution in [0, 0.1) is 13.8 Å². The van der Waals surface area contributed by atoms with Gasteiger partial charge in [0.2, 0.25) is 10.0 Å². The minimum Gasteiger partial charge on any atom is -0.308 e. The summed E-state index contributed by atoms with van der Waals surface area (Å²) in [6.45, 7) is 5.48. The first-order valence-corrected chi connectivity index (χ1v) is 14.3. The Hall–Kier alpha value is -3.11. The molecule has 4 aromatic rings. The maximum absolute atomic E-state index is 13.6. The van der Waals surface area contributed by atoms with Crippen LogP contribution in [0.4, 0.5) is 5.13 Å². The molecule has 3 aromatic carbocycles. The van der Waals surface area contributed by atoms with E-state index in [4.69, 9.17) is 4.98 Å². The third-order valence-electron chi connectivity index (χ3n) is 6.38. The summed E-state index contributed by atoms with van der Waals surface area (Å²) in [5.41, 5.74) is 4.48. The lowest BCUT2D eigenvalue weighted by Gasteiger charge is -2.22. The van der Waals surface area contributed by atoms with Gasteiger partial charge in [0.1, 0.15) is 0 Å². The second-order valence-corrected chi connectivity index (χ2v) is 12.4. The van der Waals surface area contributed by atoms with Gasteiger partial charge in [0.05, 0.1) is 15.1 Å². The van der Waals surface area contributed by atoms with E-state index in [9.17, 15) is 13.2 Å². The standard InChI is InChI=1S/C28H32N4O3S2/c1-20-11-16-25-26(21(20)2)29-28(36-25)32(18-17-30(3)4)27(33)23-12-14-24(15-13-23)37(34,35)31(5)19-22-9-7-6-8-10-22/h6-16H,17-19H2,1-5H3. The Morgan fingerprint density at radius 2 is 1.57 bits per heavy atom. The molecule has 0 spiro atoms. The van der Waals surface area contributed by atoms with Gasteiger partial charge < -0.3 is 4.90 Å². The molecule has 37 heavy (non-hydrogen) atoms. The van der Waals surface area contributed by atoms with E-state index in [0.29, 0.717) is 23.8 Å². The summed E-state index contributed by atoms with van der Waals surface area (Å²) >= 11 is 1.49. The lowest BCUT2D eigenvalue weighted by atomic mass is 10.1. The molecule has 0 atom stereocenters. The van der Waals surface area contributed by atoms with Crippen LogP contribution >= 0.6 is 11.3 Å². The van der Waals surface area contributed by atoms with Gasteiger partial charge in [0.25, 0.3) is 5.91 Å². The summed E-state index contributed by atoms with van der Waals surface area (Å²) < 4.78 is 28.6. The molecule has 0 aliphatic rings. The Morgan fingerprint density at radius 1 is 0.892 bits per heavy atom. The van der Waals surface area contributed by atoms with Gasteiger partial charge in [-0.3, -0.25) is 9.69 Å². The second-order valence-electron chi connectivity index (χ2n) is 9.38. The molecule has 194 valence electrons. The SMILES string of the molecule is Cc1ccc2sc(N(CCN(C)C)C(=O)c3ccc(S(=O)(=O)N(C)Cc4ccccc4)cc3)nc2c1C. The lowest BCUT2D eigenvalue weighted by molar-refractivity contribution is 0.0985. The fraction of sp³-hybridized carbons (Fsp3) is 0.286. The van der Waals surface area contributed by atoms with Gasteiger partial charge >= 0.3 is 0 Å². The Labute approximate surface area is 223 Å². The summed E-state index contributed by atoms with van der Waals surface area (Å²) in [6, 6.07) is 19.7. The van der Waals surface area contributed by atoms with Crippen LogP contribution < -0.4 is 4.90 Å².